The van der Waals surface area contributed by atoms with Crippen molar-refractivity contribution in [3.8, 4) is 0 Å². The Hall–Kier alpha value is -0.570. The molecule has 0 amide bonds. The fourth-order valence-corrected chi connectivity index (χ4v) is 5.70. The Balaban J connectivity index is 2.19. The highest BCUT2D eigenvalue weighted by atomic mass is 16.4. The first-order valence-corrected chi connectivity index (χ1v) is 9.47. The van der Waals surface area contributed by atoms with E-state index in [1.165, 1.54) is 12.8 Å². The molecule has 2 aliphatic carbocycles. The lowest BCUT2D eigenvalue weighted by Gasteiger charge is -2.63. The molecule has 3 heteroatoms. The minimum absolute atomic E-state index is 0.00253. The molecule has 0 aromatic heterocycles. The molecule has 134 valence electrons. The molecule has 0 spiro atoms. The van der Waals surface area contributed by atoms with E-state index in [9.17, 15) is 9.90 Å². The lowest BCUT2D eigenvalue weighted by Crippen LogP contribution is -2.60. The van der Waals surface area contributed by atoms with Crippen LogP contribution in [0.3, 0.4) is 0 Å². The quantitative estimate of drug-likeness (QED) is 0.758. The molecule has 2 saturated carbocycles. The molecule has 2 fully saturated rings. The third-order valence-corrected chi connectivity index (χ3v) is 7.87. The SMILES string of the molecule is CC(CCC1(C)C(C)CCC2(C)C1CCCC2(C)O)CC(=O)O. The van der Waals surface area contributed by atoms with Crippen molar-refractivity contribution in [3.63, 3.8) is 0 Å². The topological polar surface area (TPSA) is 57.5 Å². The van der Waals surface area contributed by atoms with E-state index in [-0.39, 0.29) is 23.2 Å². The molecule has 2 aliphatic rings. The zero-order valence-electron chi connectivity index (χ0n) is 15.7. The van der Waals surface area contributed by atoms with Crippen LogP contribution in [0.4, 0.5) is 0 Å². The van der Waals surface area contributed by atoms with Gasteiger partial charge in [0, 0.05) is 6.42 Å². The van der Waals surface area contributed by atoms with Gasteiger partial charge in [-0.15, -0.1) is 0 Å². The molecule has 0 aliphatic heterocycles. The normalized spacial score (nSPS) is 45.3. The number of hydrogen-bond acceptors (Lipinski definition) is 2. The molecule has 0 radical (unpaired) electrons. The van der Waals surface area contributed by atoms with Crippen molar-refractivity contribution in [1.82, 2.24) is 0 Å². The minimum atomic E-state index is -0.690. The smallest absolute Gasteiger partial charge is 0.303 e. The number of fused-ring (bicyclic) bond motifs is 1. The maximum absolute atomic E-state index is 11.1. The van der Waals surface area contributed by atoms with E-state index in [1.807, 2.05) is 6.92 Å². The Bertz CT molecular complexity index is 444. The highest BCUT2D eigenvalue weighted by molar-refractivity contribution is 5.66. The Kier molecular flexibility index (Phi) is 5.21. The van der Waals surface area contributed by atoms with Crippen LogP contribution < -0.4 is 0 Å². The van der Waals surface area contributed by atoms with E-state index >= 15 is 0 Å². The molecular weight excluding hydrogens is 288 g/mol. The van der Waals surface area contributed by atoms with E-state index in [4.69, 9.17) is 5.11 Å². The van der Waals surface area contributed by atoms with Crippen molar-refractivity contribution in [2.24, 2.45) is 28.6 Å². The monoisotopic (exact) mass is 324 g/mol. The molecule has 2 rings (SSSR count). The van der Waals surface area contributed by atoms with E-state index < -0.39 is 11.6 Å². The summed E-state index contributed by atoms with van der Waals surface area (Å²) in [6, 6.07) is 0. The second-order valence-electron chi connectivity index (χ2n) is 9.32. The fraction of sp³-hybridized carbons (Fsp3) is 0.950. The van der Waals surface area contributed by atoms with Crippen molar-refractivity contribution in [2.75, 3.05) is 0 Å². The van der Waals surface area contributed by atoms with Gasteiger partial charge in [-0.2, -0.15) is 0 Å². The predicted octanol–water partition coefficient (Wildman–Crippen LogP) is 4.87. The largest absolute Gasteiger partial charge is 0.481 e. The van der Waals surface area contributed by atoms with Gasteiger partial charge < -0.3 is 10.2 Å². The van der Waals surface area contributed by atoms with Gasteiger partial charge in [0.15, 0.2) is 0 Å². The summed E-state index contributed by atoms with van der Waals surface area (Å²) in [7, 11) is 0. The van der Waals surface area contributed by atoms with Crippen LogP contribution in [-0.2, 0) is 4.79 Å². The molecule has 6 atom stereocenters. The first-order valence-electron chi connectivity index (χ1n) is 9.47. The molecule has 23 heavy (non-hydrogen) atoms. The van der Waals surface area contributed by atoms with Crippen molar-refractivity contribution in [1.29, 1.82) is 0 Å². The number of aliphatic hydroxyl groups is 1. The average Bonchev–Trinajstić information content (AvgIpc) is 2.43. The molecule has 0 heterocycles. The average molecular weight is 325 g/mol. The van der Waals surface area contributed by atoms with Crippen LogP contribution in [0.25, 0.3) is 0 Å². The molecule has 0 bridgehead atoms. The molecule has 3 nitrogen and oxygen atoms in total. The van der Waals surface area contributed by atoms with Gasteiger partial charge in [-0.1, -0.05) is 34.1 Å². The second kappa shape index (κ2) is 6.38. The minimum Gasteiger partial charge on any atom is -0.481 e. The van der Waals surface area contributed by atoms with Crippen molar-refractivity contribution < 1.29 is 15.0 Å². The summed E-state index contributed by atoms with van der Waals surface area (Å²) in [5, 5.41) is 20.1. The summed E-state index contributed by atoms with van der Waals surface area (Å²) in [6.07, 6.45) is 7.85. The summed E-state index contributed by atoms with van der Waals surface area (Å²) in [4.78, 5) is 10.9. The molecular formula is C20H36O3. The van der Waals surface area contributed by atoms with Gasteiger partial charge in [0.2, 0.25) is 0 Å². The zero-order chi connectivity index (χ0) is 17.5. The van der Waals surface area contributed by atoms with Gasteiger partial charge in [0.25, 0.3) is 0 Å². The van der Waals surface area contributed by atoms with E-state index in [0.717, 1.165) is 32.1 Å². The first kappa shape index (κ1) is 18.8. The van der Waals surface area contributed by atoms with E-state index in [1.54, 1.807) is 0 Å². The maximum Gasteiger partial charge on any atom is 0.303 e. The third kappa shape index (κ3) is 3.31. The number of carboxylic acids is 1. The number of rotatable bonds is 5. The summed E-state index contributed by atoms with van der Waals surface area (Å²) < 4.78 is 0. The van der Waals surface area contributed by atoms with Crippen LogP contribution in [-0.4, -0.2) is 21.8 Å². The van der Waals surface area contributed by atoms with Gasteiger partial charge in [0.1, 0.15) is 0 Å². The lowest BCUT2D eigenvalue weighted by molar-refractivity contribution is -0.193. The van der Waals surface area contributed by atoms with Gasteiger partial charge in [0.05, 0.1) is 5.60 Å². The van der Waals surface area contributed by atoms with Crippen molar-refractivity contribution in [3.05, 3.63) is 0 Å². The summed E-state index contributed by atoms with van der Waals surface area (Å²) in [6.45, 7) is 11.2. The zero-order valence-corrected chi connectivity index (χ0v) is 15.7. The number of aliphatic carboxylic acids is 1. The van der Waals surface area contributed by atoms with E-state index in [0.29, 0.717) is 11.8 Å². The third-order valence-electron chi connectivity index (χ3n) is 7.87. The van der Waals surface area contributed by atoms with Crippen LogP contribution in [0.1, 0.15) is 86.0 Å². The van der Waals surface area contributed by atoms with Crippen LogP contribution in [0.5, 0.6) is 0 Å². The summed E-state index contributed by atoms with van der Waals surface area (Å²) >= 11 is 0. The van der Waals surface area contributed by atoms with Gasteiger partial charge in [-0.25, -0.2) is 0 Å². The Labute approximate surface area is 141 Å². The molecule has 6 unspecified atom stereocenters. The molecule has 2 N–H and O–H groups in total. The van der Waals surface area contributed by atoms with E-state index in [2.05, 4.69) is 27.7 Å². The number of carbonyl (C=O) groups is 1. The number of carboxylic acid groups (broad SMARTS) is 1. The Morgan fingerprint density at radius 3 is 2.48 bits per heavy atom. The van der Waals surface area contributed by atoms with Gasteiger partial charge in [-0.3, -0.25) is 4.79 Å². The first-order chi connectivity index (χ1) is 10.5. The number of hydrogen-bond donors (Lipinski definition) is 2. The van der Waals surface area contributed by atoms with Crippen LogP contribution in [0.15, 0.2) is 0 Å². The fourth-order valence-electron chi connectivity index (χ4n) is 5.70. The van der Waals surface area contributed by atoms with Crippen LogP contribution >= 0.6 is 0 Å². The highest BCUT2D eigenvalue weighted by Crippen LogP contribution is 2.64. The van der Waals surface area contributed by atoms with Gasteiger partial charge in [-0.05, 0) is 74.0 Å². The van der Waals surface area contributed by atoms with Crippen molar-refractivity contribution in [2.45, 2.75) is 91.6 Å². The molecule has 0 saturated heterocycles. The predicted molar refractivity (Wildman–Crippen MR) is 93.2 cm³/mol. The Morgan fingerprint density at radius 1 is 1.22 bits per heavy atom. The maximum atomic E-state index is 11.1. The van der Waals surface area contributed by atoms with Gasteiger partial charge >= 0.3 is 5.97 Å². The second-order valence-corrected chi connectivity index (χ2v) is 9.32. The molecule has 0 aromatic rings. The molecule has 0 aromatic carbocycles. The van der Waals surface area contributed by atoms with Crippen molar-refractivity contribution >= 4 is 5.97 Å². The highest BCUT2D eigenvalue weighted by Gasteiger charge is 2.59. The summed E-state index contributed by atoms with van der Waals surface area (Å²) in [5.74, 6) is 0.727. The lowest BCUT2D eigenvalue weighted by atomic mass is 9.43. The summed E-state index contributed by atoms with van der Waals surface area (Å²) in [5.41, 5.74) is -0.350. The Morgan fingerprint density at radius 2 is 1.87 bits per heavy atom. The van der Waals surface area contributed by atoms with Crippen LogP contribution in [0.2, 0.25) is 0 Å². The standard InChI is InChI=1S/C20H36O3/c1-14(13-17(21)22)8-11-18(3)15(2)9-12-19(4)16(18)7-6-10-20(19,5)23/h14-16,23H,6-13H2,1-5H3,(H,21,22). The van der Waals surface area contributed by atoms with Crippen LogP contribution in [0, 0.1) is 28.6 Å².